The lowest BCUT2D eigenvalue weighted by Gasteiger charge is -2.40. The van der Waals surface area contributed by atoms with Crippen LogP contribution < -0.4 is 0 Å². The number of allylic oxidation sites excluding steroid dienone is 14. The molecule has 0 spiro atoms. The van der Waals surface area contributed by atoms with Gasteiger partial charge in [0.1, 0.15) is 18.8 Å². The van der Waals surface area contributed by atoms with Gasteiger partial charge in [0.15, 0.2) is 24.6 Å². The van der Waals surface area contributed by atoms with Crippen LogP contribution in [0.2, 0.25) is 0 Å². The summed E-state index contributed by atoms with van der Waals surface area (Å²) in [6.07, 6.45) is 55.7. The van der Waals surface area contributed by atoms with Gasteiger partial charge in [-0.05, 0) is 89.9 Å². The van der Waals surface area contributed by atoms with E-state index in [4.69, 9.17) is 23.7 Å². The first-order chi connectivity index (χ1) is 37.6. The Kier molecular flexibility index (Phi) is 48.4. The fourth-order valence-electron chi connectivity index (χ4n) is 8.84. The van der Waals surface area contributed by atoms with Crippen molar-refractivity contribution >= 4 is 23.9 Å². The molecule has 12 nitrogen and oxygen atoms in total. The summed E-state index contributed by atoms with van der Waals surface area (Å²) in [6.45, 7) is 5.73. The minimum absolute atomic E-state index is 0.00243. The van der Waals surface area contributed by atoms with Crippen LogP contribution in [0.25, 0.3) is 0 Å². The van der Waals surface area contributed by atoms with Gasteiger partial charge in [0, 0.05) is 19.3 Å². The van der Waals surface area contributed by atoms with Crippen LogP contribution in [0.1, 0.15) is 252 Å². The van der Waals surface area contributed by atoms with Gasteiger partial charge in [-0.15, -0.1) is 0 Å². The maximum Gasteiger partial charge on any atom is 0.335 e. The lowest BCUT2D eigenvalue weighted by Crippen LogP contribution is -2.61. The summed E-state index contributed by atoms with van der Waals surface area (Å²) in [7, 11) is 0. The molecule has 0 saturated carbocycles. The number of aliphatic hydroxyl groups is 2. The highest BCUT2D eigenvalue weighted by atomic mass is 16.7. The van der Waals surface area contributed by atoms with Gasteiger partial charge in [-0.3, -0.25) is 14.4 Å². The van der Waals surface area contributed by atoms with E-state index < -0.39 is 67.3 Å². The maximum atomic E-state index is 13.1. The summed E-state index contributed by atoms with van der Waals surface area (Å²) in [5.41, 5.74) is 0. The fraction of sp³-hybridized carbons (Fsp3) is 0.723. The van der Waals surface area contributed by atoms with Gasteiger partial charge in [0.25, 0.3) is 0 Å². The highest BCUT2D eigenvalue weighted by molar-refractivity contribution is 5.74. The summed E-state index contributed by atoms with van der Waals surface area (Å²) in [5.74, 6) is -3.21. The number of carbonyl (C=O) groups excluding carboxylic acids is 3. The molecule has 0 aromatic heterocycles. The number of aliphatic carboxylic acids is 1. The zero-order valence-electron chi connectivity index (χ0n) is 48.4. The van der Waals surface area contributed by atoms with E-state index in [0.717, 1.165) is 89.9 Å². The molecule has 3 N–H and O–H groups in total. The molecule has 0 radical (unpaired) electrons. The van der Waals surface area contributed by atoms with E-state index >= 15 is 0 Å². The minimum Gasteiger partial charge on any atom is -0.479 e. The van der Waals surface area contributed by atoms with Crippen molar-refractivity contribution in [2.75, 3.05) is 13.2 Å². The molecule has 440 valence electrons. The molecule has 1 saturated heterocycles. The summed E-state index contributed by atoms with van der Waals surface area (Å²) in [5, 5.41) is 31.5. The Morgan fingerprint density at radius 3 is 1.27 bits per heavy atom. The third kappa shape index (κ3) is 42.5. The number of hydrogen-bond donors (Lipinski definition) is 3. The standard InChI is InChI=1S/C65H108O12/c1-4-7-10-13-16-19-22-25-27-28-29-30-32-34-36-39-42-45-48-51-57(66)73-54-56(75-58(67)52-49-46-43-40-37-33-24-21-18-15-12-9-6-3)55-74-65-63(61(70)60(69)62(77-65)64(71)72)76-59(68)53-50-47-44-41-38-35-31-26-23-20-17-14-11-8-5-2/h8-9,11-12,17-18,20-21,26,31,33,37-38,41,56,60-63,65,69-70H,4-7,10,13-16,19,22-25,27-30,32,34-36,39-40,42-55H2,1-3H3,(H,71,72)/b11-8-,12-9-,20-17-,21-18-,31-26-,37-33-,41-38-. The smallest absolute Gasteiger partial charge is 0.335 e. The van der Waals surface area contributed by atoms with E-state index in [0.29, 0.717) is 25.7 Å². The largest absolute Gasteiger partial charge is 0.479 e. The van der Waals surface area contributed by atoms with Crippen LogP contribution in [0.3, 0.4) is 0 Å². The Labute approximate surface area is 467 Å². The average Bonchev–Trinajstić information content (AvgIpc) is 3.42. The molecule has 1 fully saturated rings. The van der Waals surface area contributed by atoms with Crippen LogP contribution in [0, 0.1) is 0 Å². The molecule has 0 aliphatic carbocycles. The fourth-order valence-corrected chi connectivity index (χ4v) is 8.84. The second-order valence-electron chi connectivity index (χ2n) is 20.6. The Balaban J connectivity index is 2.69. The monoisotopic (exact) mass is 1080 g/mol. The Morgan fingerprint density at radius 2 is 0.818 bits per heavy atom. The van der Waals surface area contributed by atoms with E-state index in [1.165, 1.54) is 96.3 Å². The molecule has 0 aromatic rings. The van der Waals surface area contributed by atoms with Gasteiger partial charge in [0.05, 0.1) is 6.61 Å². The molecule has 1 rings (SSSR count). The van der Waals surface area contributed by atoms with Gasteiger partial charge in [0.2, 0.25) is 0 Å². The number of aliphatic hydroxyl groups excluding tert-OH is 2. The van der Waals surface area contributed by atoms with Gasteiger partial charge in [-0.25, -0.2) is 4.79 Å². The third-order valence-electron chi connectivity index (χ3n) is 13.5. The zero-order chi connectivity index (χ0) is 56.1. The molecule has 12 heteroatoms. The lowest BCUT2D eigenvalue weighted by atomic mass is 9.98. The van der Waals surface area contributed by atoms with Crippen molar-refractivity contribution < 1.29 is 58.2 Å². The molecule has 6 atom stereocenters. The number of unbranched alkanes of at least 4 members (excludes halogenated alkanes) is 23. The first-order valence-corrected chi connectivity index (χ1v) is 30.6. The van der Waals surface area contributed by atoms with Gasteiger partial charge < -0.3 is 39.0 Å². The highest BCUT2D eigenvalue weighted by Crippen LogP contribution is 2.26. The SMILES string of the molecule is CC/C=C\C/C=C\C/C=C\C/C=C\CCCCC(=O)OC1C(OCC(COC(=O)CCCCCCCCCCCCCCCCCCCCC)OC(=O)CCCCC/C=C\C/C=C\C/C=C\CC)OC(C(=O)O)C(O)C1O. The second kappa shape index (κ2) is 52.6. The van der Waals surface area contributed by atoms with Gasteiger partial charge in [-0.1, -0.05) is 228 Å². The average molecular weight is 1080 g/mol. The molecule has 77 heavy (non-hydrogen) atoms. The molecular formula is C65H108O12. The van der Waals surface area contributed by atoms with Crippen LogP contribution in [-0.4, -0.2) is 89.2 Å². The van der Waals surface area contributed by atoms with Crippen LogP contribution in [0.15, 0.2) is 85.1 Å². The molecule has 1 aliphatic rings. The van der Waals surface area contributed by atoms with Crippen molar-refractivity contribution in [3.8, 4) is 0 Å². The first-order valence-electron chi connectivity index (χ1n) is 30.6. The van der Waals surface area contributed by atoms with E-state index in [1.807, 2.05) is 0 Å². The first kappa shape index (κ1) is 70.9. The molecule has 6 unspecified atom stereocenters. The van der Waals surface area contributed by atoms with Crippen LogP contribution >= 0.6 is 0 Å². The van der Waals surface area contributed by atoms with Crippen LogP contribution in [0.4, 0.5) is 0 Å². The number of esters is 3. The van der Waals surface area contributed by atoms with Crippen LogP contribution in [-0.2, 0) is 42.9 Å². The summed E-state index contributed by atoms with van der Waals surface area (Å²) >= 11 is 0. The number of carbonyl (C=O) groups is 4. The Morgan fingerprint density at radius 1 is 0.442 bits per heavy atom. The van der Waals surface area contributed by atoms with Crippen molar-refractivity contribution in [2.45, 2.75) is 289 Å². The molecule has 0 aromatic carbocycles. The van der Waals surface area contributed by atoms with E-state index in [2.05, 4.69) is 106 Å². The van der Waals surface area contributed by atoms with E-state index in [9.17, 15) is 34.5 Å². The second-order valence-corrected chi connectivity index (χ2v) is 20.6. The maximum absolute atomic E-state index is 13.1. The van der Waals surface area contributed by atoms with Crippen molar-refractivity contribution in [1.29, 1.82) is 0 Å². The number of carboxylic acids is 1. The lowest BCUT2D eigenvalue weighted by molar-refractivity contribution is -0.301. The number of rotatable bonds is 51. The van der Waals surface area contributed by atoms with E-state index in [1.54, 1.807) is 0 Å². The van der Waals surface area contributed by atoms with Gasteiger partial charge >= 0.3 is 23.9 Å². The molecule has 1 heterocycles. The molecular weight excluding hydrogens is 973 g/mol. The van der Waals surface area contributed by atoms with Crippen molar-refractivity contribution in [3.05, 3.63) is 85.1 Å². The highest BCUT2D eigenvalue weighted by Gasteiger charge is 2.50. The predicted octanol–water partition coefficient (Wildman–Crippen LogP) is 15.9. The normalized spacial score (nSPS) is 18.6. The Bertz CT molecular complexity index is 1660. The molecule has 0 amide bonds. The zero-order valence-corrected chi connectivity index (χ0v) is 48.4. The summed E-state index contributed by atoms with van der Waals surface area (Å²) in [6, 6.07) is 0. The number of hydrogen-bond acceptors (Lipinski definition) is 11. The quantitative estimate of drug-likeness (QED) is 0.0228. The topological polar surface area (TPSA) is 175 Å². The third-order valence-corrected chi connectivity index (χ3v) is 13.5. The van der Waals surface area contributed by atoms with Crippen molar-refractivity contribution in [1.82, 2.24) is 0 Å². The van der Waals surface area contributed by atoms with Crippen molar-refractivity contribution in [3.63, 3.8) is 0 Å². The summed E-state index contributed by atoms with van der Waals surface area (Å²) in [4.78, 5) is 51.1. The van der Waals surface area contributed by atoms with Crippen molar-refractivity contribution in [2.24, 2.45) is 0 Å². The van der Waals surface area contributed by atoms with Gasteiger partial charge in [-0.2, -0.15) is 0 Å². The molecule has 0 bridgehead atoms. The number of carboxylic acid groups (broad SMARTS) is 1. The predicted molar refractivity (Wildman–Crippen MR) is 312 cm³/mol. The minimum atomic E-state index is -1.92. The van der Waals surface area contributed by atoms with Crippen LogP contribution in [0.5, 0.6) is 0 Å². The summed E-state index contributed by atoms with van der Waals surface area (Å²) < 4.78 is 28.4. The van der Waals surface area contributed by atoms with E-state index in [-0.39, 0.29) is 25.9 Å². The molecule has 1 aliphatic heterocycles. The Hall–Kier alpha value is -4.10. The number of ether oxygens (including phenoxy) is 5.